The third-order valence-electron chi connectivity index (χ3n) is 5.19. The number of anilines is 1. The molecule has 4 rings (SSSR count). The van der Waals surface area contributed by atoms with Gasteiger partial charge in [-0.25, -0.2) is 4.79 Å². The third kappa shape index (κ3) is 4.30. The van der Waals surface area contributed by atoms with Gasteiger partial charge < -0.3 is 15.1 Å². The Kier molecular flexibility index (Phi) is 5.50. The molecule has 0 spiro atoms. The lowest BCUT2D eigenvalue weighted by Crippen LogP contribution is -2.51. The average Bonchev–Trinajstić information content (AvgIpc) is 2.78. The van der Waals surface area contributed by atoms with Crippen LogP contribution in [0, 0.1) is 0 Å². The number of rotatable bonds is 2. The molecule has 1 aliphatic rings. The average molecular weight is 428 g/mol. The number of urea groups is 1. The van der Waals surface area contributed by atoms with E-state index in [-0.39, 0.29) is 37.8 Å². The summed E-state index contributed by atoms with van der Waals surface area (Å²) in [5, 5.41) is 3.72. The Hall–Kier alpha value is -3.62. The van der Waals surface area contributed by atoms with Crippen LogP contribution in [-0.4, -0.2) is 52.9 Å². The van der Waals surface area contributed by atoms with E-state index in [2.05, 4.69) is 10.3 Å². The molecule has 1 fully saturated rings. The third-order valence-corrected chi connectivity index (χ3v) is 5.19. The lowest BCUT2D eigenvalue weighted by molar-refractivity contribution is -0.138. The summed E-state index contributed by atoms with van der Waals surface area (Å²) in [4.78, 5) is 32.5. The van der Waals surface area contributed by atoms with Crippen molar-refractivity contribution in [1.82, 2.24) is 14.8 Å². The summed E-state index contributed by atoms with van der Waals surface area (Å²) in [6, 6.07) is 13.5. The number of nitrogens with one attached hydrogen (secondary N) is 1. The first-order chi connectivity index (χ1) is 14.8. The van der Waals surface area contributed by atoms with Crippen LogP contribution in [0.1, 0.15) is 15.9 Å². The zero-order valence-electron chi connectivity index (χ0n) is 16.4. The van der Waals surface area contributed by atoms with Gasteiger partial charge in [0.2, 0.25) is 0 Å². The molecule has 3 amide bonds. The van der Waals surface area contributed by atoms with Crippen molar-refractivity contribution in [2.45, 2.75) is 6.18 Å². The zero-order valence-corrected chi connectivity index (χ0v) is 16.4. The maximum atomic E-state index is 13.2. The van der Waals surface area contributed by atoms with Crippen LogP contribution >= 0.6 is 0 Å². The molecule has 6 nitrogen and oxygen atoms in total. The summed E-state index contributed by atoms with van der Waals surface area (Å²) < 4.78 is 39.7. The number of carbonyl (C=O) groups is 2. The Morgan fingerprint density at radius 2 is 1.55 bits per heavy atom. The molecule has 0 unspecified atom stereocenters. The fraction of sp³-hybridized carbons (Fsp3) is 0.227. The molecule has 0 aliphatic carbocycles. The number of para-hydroxylation sites is 1. The van der Waals surface area contributed by atoms with Crippen LogP contribution in [0.3, 0.4) is 0 Å². The van der Waals surface area contributed by atoms with E-state index >= 15 is 0 Å². The molecule has 31 heavy (non-hydrogen) atoms. The Bertz CT molecular complexity index is 1120. The van der Waals surface area contributed by atoms with E-state index in [9.17, 15) is 22.8 Å². The predicted octanol–water partition coefficient (Wildman–Crippen LogP) is 4.24. The first-order valence-corrected chi connectivity index (χ1v) is 9.70. The topological polar surface area (TPSA) is 65.5 Å². The van der Waals surface area contributed by atoms with Crippen LogP contribution in [0.15, 0.2) is 60.8 Å². The van der Waals surface area contributed by atoms with E-state index in [0.29, 0.717) is 11.2 Å². The number of alkyl halides is 3. The number of hydrogen-bond donors (Lipinski definition) is 1. The molecule has 1 saturated heterocycles. The van der Waals surface area contributed by atoms with E-state index < -0.39 is 17.6 Å². The lowest BCUT2D eigenvalue weighted by atomic mass is 10.1. The van der Waals surface area contributed by atoms with Gasteiger partial charge in [-0.2, -0.15) is 13.2 Å². The molecule has 0 saturated carbocycles. The van der Waals surface area contributed by atoms with Crippen LogP contribution in [0.4, 0.5) is 23.7 Å². The smallest absolute Gasteiger partial charge is 0.335 e. The van der Waals surface area contributed by atoms with Gasteiger partial charge in [0.05, 0.1) is 22.3 Å². The Labute approximate surface area is 176 Å². The number of fused-ring (bicyclic) bond motifs is 1. The molecule has 0 radical (unpaired) electrons. The highest BCUT2D eigenvalue weighted by molar-refractivity contribution is 6.00. The Morgan fingerprint density at radius 1 is 0.871 bits per heavy atom. The molecular formula is C22H19F3N4O2. The van der Waals surface area contributed by atoms with E-state index in [1.54, 1.807) is 18.3 Å². The van der Waals surface area contributed by atoms with Gasteiger partial charge in [0, 0.05) is 37.8 Å². The summed E-state index contributed by atoms with van der Waals surface area (Å²) in [5.41, 5.74) is -0.102. The highest BCUT2D eigenvalue weighted by atomic mass is 19.4. The van der Waals surface area contributed by atoms with E-state index in [1.165, 1.54) is 28.0 Å². The number of aromatic nitrogens is 1. The van der Waals surface area contributed by atoms with Gasteiger partial charge in [-0.3, -0.25) is 9.78 Å². The van der Waals surface area contributed by atoms with E-state index in [0.717, 1.165) is 11.5 Å². The monoisotopic (exact) mass is 428 g/mol. The summed E-state index contributed by atoms with van der Waals surface area (Å²) >= 11 is 0. The molecule has 2 heterocycles. The molecule has 1 aromatic heterocycles. The van der Waals surface area contributed by atoms with Crippen molar-refractivity contribution in [1.29, 1.82) is 0 Å². The SMILES string of the molecule is O=C(Nc1cccc2cccnc12)N1CCN(C(=O)c2ccccc2C(F)(F)F)CC1. The van der Waals surface area contributed by atoms with Gasteiger partial charge in [0.25, 0.3) is 5.91 Å². The minimum atomic E-state index is -4.61. The number of carbonyl (C=O) groups excluding carboxylic acids is 2. The van der Waals surface area contributed by atoms with Crippen molar-refractivity contribution in [2.75, 3.05) is 31.5 Å². The summed E-state index contributed by atoms with van der Waals surface area (Å²) in [6.45, 7) is 0.715. The second-order valence-corrected chi connectivity index (χ2v) is 7.13. The molecular weight excluding hydrogens is 409 g/mol. The molecule has 1 N–H and O–H groups in total. The number of halogens is 3. The van der Waals surface area contributed by atoms with Crippen molar-refractivity contribution < 1.29 is 22.8 Å². The Balaban J connectivity index is 1.42. The van der Waals surface area contributed by atoms with Crippen LogP contribution in [-0.2, 0) is 6.18 Å². The number of pyridine rings is 1. The van der Waals surface area contributed by atoms with Crippen LogP contribution < -0.4 is 5.32 Å². The van der Waals surface area contributed by atoms with Crippen molar-refractivity contribution in [3.05, 3.63) is 71.9 Å². The second kappa shape index (κ2) is 8.25. The standard InChI is InChI=1S/C22H19F3N4O2/c23-22(24,25)17-8-2-1-7-16(17)20(30)28-11-13-29(14-12-28)21(31)27-18-9-3-5-15-6-4-10-26-19(15)18/h1-10H,11-14H2,(H,27,31). The minimum absolute atomic E-state index is 0.145. The zero-order chi connectivity index (χ0) is 22.0. The van der Waals surface area contributed by atoms with Gasteiger partial charge in [0.15, 0.2) is 0 Å². The quantitative estimate of drug-likeness (QED) is 0.664. The number of piperazine rings is 1. The summed E-state index contributed by atoms with van der Waals surface area (Å²) in [6.07, 6.45) is -2.97. The number of amides is 3. The van der Waals surface area contributed by atoms with Crippen LogP contribution in [0.5, 0.6) is 0 Å². The number of hydrogen-bond acceptors (Lipinski definition) is 3. The van der Waals surface area contributed by atoms with E-state index in [4.69, 9.17) is 0 Å². The molecule has 9 heteroatoms. The van der Waals surface area contributed by atoms with Crippen molar-refractivity contribution in [3.8, 4) is 0 Å². The largest absolute Gasteiger partial charge is 0.417 e. The van der Waals surface area contributed by atoms with Crippen LogP contribution in [0.2, 0.25) is 0 Å². The fourth-order valence-corrected chi connectivity index (χ4v) is 3.60. The molecule has 1 aliphatic heterocycles. The van der Waals surface area contributed by atoms with Crippen molar-refractivity contribution in [2.24, 2.45) is 0 Å². The fourth-order valence-electron chi connectivity index (χ4n) is 3.60. The summed E-state index contributed by atoms with van der Waals surface area (Å²) in [5.74, 6) is -0.689. The normalized spacial score (nSPS) is 14.5. The Morgan fingerprint density at radius 3 is 2.29 bits per heavy atom. The molecule has 3 aromatic rings. The van der Waals surface area contributed by atoms with Crippen LogP contribution in [0.25, 0.3) is 10.9 Å². The van der Waals surface area contributed by atoms with Crippen molar-refractivity contribution in [3.63, 3.8) is 0 Å². The predicted molar refractivity (Wildman–Crippen MR) is 110 cm³/mol. The summed E-state index contributed by atoms with van der Waals surface area (Å²) in [7, 11) is 0. The van der Waals surface area contributed by atoms with Gasteiger partial charge >= 0.3 is 12.2 Å². The first kappa shape index (κ1) is 20.6. The number of benzene rings is 2. The first-order valence-electron chi connectivity index (χ1n) is 9.70. The molecule has 0 atom stereocenters. The maximum Gasteiger partial charge on any atom is 0.417 e. The highest BCUT2D eigenvalue weighted by Gasteiger charge is 2.36. The lowest BCUT2D eigenvalue weighted by Gasteiger charge is -2.35. The molecule has 0 bridgehead atoms. The highest BCUT2D eigenvalue weighted by Crippen LogP contribution is 2.32. The van der Waals surface area contributed by atoms with Gasteiger partial charge in [-0.1, -0.05) is 30.3 Å². The minimum Gasteiger partial charge on any atom is -0.335 e. The maximum absolute atomic E-state index is 13.2. The van der Waals surface area contributed by atoms with Gasteiger partial charge in [-0.05, 0) is 24.3 Å². The number of nitrogens with zero attached hydrogens (tertiary/aromatic N) is 3. The van der Waals surface area contributed by atoms with Gasteiger partial charge in [0.1, 0.15) is 0 Å². The van der Waals surface area contributed by atoms with Gasteiger partial charge in [-0.15, -0.1) is 0 Å². The van der Waals surface area contributed by atoms with Crippen molar-refractivity contribution >= 4 is 28.5 Å². The molecule has 2 aromatic carbocycles. The second-order valence-electron chi connectivity index (χ2n) is 7.13. The van der Waals surface area contributed by atoms with E-state index in [1.807, 2.05) is 18.2 Å². The molecule has 160 valence electrons.